The van der Waals surface area contributed by atoms with E-state index in [-0.39, 0.29) is 35.2 Å². The Morgan fingerprint density at radius 3 is 0.852 bits per heavy atom. The summed E-state index contributed by atoms with van der Waals surface area (Å²) in [6.45, 7) is 9.92. The van der Waals surface area contributed by atoms with E-state index >= 15 is 0 Å². The second-order valence-corrected chi connectivity index (χ2v) is 6.84. The minimum atomic E-state index is -0.853. The van der Waals surface area contributed by atoms with Gasteiger partial charge in [-0.05, 0) is 41.5 Å². The summed E-state index contributed by atoms with van der Waals surface area (Å²) in [5.74, 6) is 0. The Labute approximate surface area is 155 Å². The number of nitro groups is 3. The predicted octanol–water partition coefficient (Wildman–Crippen LogP) is 3.87. The highest BCUT2D eigenvalue weighted by atomic mass is 16.6. The van der Waals surface area contributed by atoms with E-state index in [0.717, 1.165) is 0 Å². The predicted molar refractivity (Wildman–Crippen MR) is 103 cm³/mol. The second-order valence-electron chi connectivity index (χ2n) is 6.84. The molecule has 0 amide bonds. The van der Waals surface area contributed by atoms with E-state index in [1.807, 2.05) is 0 Å². The normalized spacial score (nSPS) is 11.0. The lowest BCUT2D eigenvalue weighted by molar-refractivity contribution is -0.399. The van der Waals surface area contributed by atoms with E-state index in [2.05, 4.69) is 16.0 Å². The van der Waals surface area contributed by atoms with Gasteiger partial charge in [0.15, 0.2) is 17.1 Å². The summed E-state index contributed by atoms with van der Waals surface area (Å²) in [7, 11) is 0. The molecule has 0 aliphatic heterocycles. The average Bonchev–Trinajstić information content (AvgIpc) is 2.43. The zero-order valence-electron chi connectivity index (χ0n) is 16.0. The smallest absolute Gasteiger partial charge is 0.329 e. The lowest BCUT2D eigenvalue weighted by atomic mass is 10.1. The largest absolute Gasteiger partial charge is 0.372 e. The van der Waals surface area contributed by atoms with Gasteiger partial charge >= 0.3 is 17.1 Å². The van der Waals surface area contributed by atoms with Crippen molar-refractivity contribution in [2.75, 3.05) is 16.0 Å². The molecule has 0 saturated heterocycles. The molecule has 0 aliphatic rings. The van der Waals surface area contributed by atoms with Crippen LogP contribution in [0.1, 0.15) is 41.5 Å². The maximum Gasteiger partial charge on any atom is 0.329 e. The van der Waals surface area contributed by atoms with Gasteiger partial charge in [-0.25, -0.2) is 0 Å². The van der Waals surface area contributed by atoms with Crippen molar-refractivity contribution in [2.24, 2.45) is 0 Å². The highest BCUT2D eigenvalue weighted by molar-refractivity contribution is 6.00. The number of hydrogen-bond donors (Lipinski definition) is 3. The van der Waals surface area contributed by atoms with Crippen LogP contribution in [0, 0.1) is 30.3 Å². The number of hydrogen-bond acceptors (Lipinski definition) is 9. The van der Waals surface area contributed by atoms with Crippen molar-refractivity contribution in [1.29, 1.82) is 0 Å². The molecule has 0 heterocycles. The zero-order valence-corrected chi connectivity index (χ0v) is 16.0. The zero-order chi connectivity index (χ0) is 21.0. The van der Waals surface area contributed by atoms with Crippen molar-refractivity contribution < 1.29 is 14.8 Å². The molecule has 150 valence electrons. The van der Waals surface area contributed by atoms with Crippen LogP contribution in [0.4, 0.5) is 34.1 Å². The Hall–Kier alpha value is -3.18. The highest BCUT2D eigenvalue weighted by Crippen LogP contribution is 2.53. The van der Waals surface area contributed by atoms with Crippen LogP contribution in [0.2, 0.25) is 0 Å². The Kier molecular flexibility index (Phi) is 6.86. The van der Waals surface area contributed by atoms with Crippen molar-refractivity contribution in [1.82, 2.24) is 0 Å². The van der Waals surface area contributed by atoms with Gasteiger partial charge in [-0.2, -0.15) is 0 Å². The molecule has 0 fully saturated rings. The van der Waals surface area contributed by atoms with Gasteiger partial charge in [0.1, 0.15) is 0 Å². The van der Waals surface area contributed by atoms with Crippen molar-refractivity contribution in [3.8, 4) is 0 Å². The van der Waals surface area contributed by atoms with Crippen LogP contribution in [0.5, 0.6) is 0 Å². The molecule has 0 aromatic heterocycles. The van der Waals surface area contributed by atoms with Crippen LogP contribution in [0.25, 0.3) is 0 Å². The maximum atomic E-state index is 11.7. The summed E-state index contributed by atoms with van der Waals surface area (Å²) in [5.41, 5.74) is -3.33. The maximum absolute atomic E-state index is 11.7. The summed E-state index contributed by atoms with van der Waals surface area (Å²) in [5, 5.41) is 43.4. The Balaban J connectivity index is 4.19. The molecule has 12 heteroatoms. The standard InChI is InChI=1S/C15H24N6O6/c1-7(2)16-10-13(19(22)23)11(17-8(3)4)15(21(26)27)12(18-9(5)6)14(10)20(24)25/h7-9,16-18H,1-6H3. The van der Waals surface area contributed by atoms with E-state index in [0.29, 0.717) is 0 Å². The molecule has 0 radical (unpaired) electrons. The first kappa shape index (κ1) is 21.9. The van der Waals surface area contributed by atoms with Crippen LogP contribution in [-0.2, 0) is 0 Å². The van der Waals surface area contributed by atoms with Gasteiger partial charge in [0.25, 0.3) is 0 Å². The van der Waals surface area contributed by atoms with Crippen LogP contribution in [0.3, 0.4) is 0 Å². The highest BCUT2D eigenvalue weighted by Gasteiger charge is 2.43. The summed E-state index contributed by atoms with van der Waals surface area (Å²) >= 11 is 0. The first-order valence-electron chi connectivity index (χ1n) is 8.35. The van der Waals surface area contributed by atoms with Gasteiger partial charge in [0.05, 0.1) is 14.8 Å². The third-order valence-electron chi connectivity index (χ3n) is 3.27. The summed E-state index contributed by atoms with van der Waals surface area (Å²) in [6, 6.07) is -1.16. The minimum absolute atomic E-state index is 0.378. The molecule has 3 N–H and O–H groups in total. The average molecular weight is 384 g/mol. The van der Waals surface area contributed by atoms with Crippen LogP contribution >= 0.6 is 0 Å². The van der Waals surface area contributed by atoms with Crippen molar-refractivity contribution in [2.45, 2.75) is 59.7 Å². The lowest BCUT2D eigenvalue weighted by Gasteiger charge is -2.19. The molecule has 0 aliphatic carbocycles. The van der Waals surface area contributed by atoms with E-state index in [4.69, 9.17) is 0 Å². The Morgan fingerprint density at radius 2 is 0.741 bits per heavy atom. The van der Waals surface area contributed by atoms with Gasteiger partial charge in [0.2, 0.25) is 0 Å². The Bertz CT molecular complexity index is 641. The number of rotatable bonds is 9. The van der Waals surface area contributed by atoms with Crippen molar-refractivity contribution in [3.63, 3.8) is 0 Å². The molecule has 27 heavy (non-hydrogen) atoms. The van der Waals surface area contributed by atoms with E-state index in [1.165, 1.54) is 0 Å². The SMILES string of the molecule is CC(C)Nc1c([N+](=O)[O-])c(NC(C)C)c([N+](=O)[O-])c(NC(C)C)c1[N+](=O)[O-]. The number of anilines is 3. The molecule has 0 saturated carbocycles. The third-order valence-corrected chi connectivity index (χ3v) is 3.27. The van der Waals surface area contributed by atoms with Crippen LogP contribution in [0.15, 0.2) is 0 Å². The molecule has 0 bridgehead atoms. The second kappa shape index (κ2) is 8.47. The topological polar surface area (TPSA) is 166 Å². The number of nitro benzene ring substituents is 3. The van der Waals surface area contributed by atoms with Crippen molar-refractivity contribution in [3.05, 3.63) is 30.3 Å². The molecule has 0 unspecified atom stereocenters. The molecule has 1 rings (SSSR count). The molecule has 0 atom stereocenters. The molecule has 12 nitrogen and oxygen atoms in total. The lowest BCUT2D eigenvalue weighted by Crippen LogP contribution is -2.21. The fourth-order valence-corrected chi connectivity index (χ4v) is 2.54. The van der Waals surface area contributed by atoms with Gasteiger partial charge in [-0.15, -0.1) is 0 Å². The van der Waals surface area contributed by atoms with Gasteiger partial charge < -0.3 is 16.0 Å². The van der Waals surface area contributed by atoms with E-state index < -0.39 is 31.8 Å². The van der Waals surface area contributed by atoms with Gasteiger partial charge in [-0.1, -0.05) is 0 Å². The number of benzene rings is 1. The van der Waals surface area contributed by atoms with Crippen molar-refractivity contribution >= 4 is 34.1 Å². The summed E-state index contributed by atoms with van der Waals surface area (Å²) < 4.78 is 0. The van der Waals surface area contributed by atoms with Crippen LogP contribution in [-0.4, -0.2) is 32.9 Å². The van der Waals surface area contributed by atoms with E-state index in [1.54, 1.807) is 41.5 Å². The molecule has 1 aromatic carbocycles. The summed E-state index contributed by atoms with van der Waals surface area (Å²) in [4.78, 5) is 32.7. The van der Waals surface area contributed by atoms with Gasteiger partial charge in [0, 0.05) is 18.1 Å². The quantitative estimate of drug-likeness (QED) is 0.423. The molecule has 0 spiro atoms. The van der Waals surface area contributed by atoms with Crippen LogP contribution < -0.4 is 16.0 Å². The first-order valence-corrected chi connectivity index (χ1v) is 8.35. The van der Waals surface area contributed by atoms with E-state index in [9.17, 15) is 30.3 Å². The fraction of sp³-hybridized carbons (Fsp3) is 0.600. The third kappa shape index (κ3) is 4.92. The number of nitrogens with one attached hydrogen (secondary N) is 3. The van der Waals surface area contributed by atoms with Gasteiger partial charge in [-0.3, -0.25) is 30.3 Å². The minimum Gasteiger partial charge on any atom is -0.372 e. The molecular formula is C15H24N6O6. The summed E-state index contributed by atoms with van der Waals surface area (Å²) in [6.07, 6.45) is 0. The Morgan fingerprint density at radius 1 is 0.556 bits per heavy atom. The molecular weight excluding hydrogens is 360 g/mol. The number of nitrogens with zero attached hydrogens (tertiary/aromatic N) is 3. The first-order chi connectivity index (χ1) is 12.4. The monoisotopic (exact) mass is 384 g/mol. The molecule has 1 aromatic rings. The fourth-order valence-electron chi connectivity index (χ4n) is 2.54.